The number of likely N-dealkylation sites (tertiary alicyclic amines) is 1. The van der Waals surface area contributed by atoms with Crippen LogP contribution < -0.4 is 0 Å². The largest absolute Gasteiger partial charge is 0.447 e. The van der Waals surface area contributed by atoms with Crippen LogP contribution in [0.15, 0.2) is 35.3 Å². The molecule has 1 fully saturated rings. The number of hydrogen-bond acceptors (Lipinski definition) is 3. The molecule has 1 aromatic rings. The fourth-order valence-electron chi connectivity index (χ4n) is 2.15. The predicted octanol–water partition coefficient (Wildman–Crippen LogP) is 3.31. The molecule has 1 aliphatic rings. The average Bonchev–Trinajstić information content (AvgIpc) is 2.57. The number of amides is 1. The zero-order valence-corrected chi connectivity index (χ0v) is 12.5. The number of carbonyl (C=O) groups excluding carboxylic acids is 1. The van der Waals surface area contributed by atoms with Crippen LogP contribution in [0.2, 0.25) is 0 Å². The molecule has 21 heavy (non-hydrogen) atoms. The second-order valence-electron chi connectivity index (χ2n) is 4.69. The van der Waals surface area contributed by atoms with Gasteiger partial charge >= 0.3 is 6.09 Å². The lowest BCUT2D eigenvalue weighted by Gasteiger charge is -2.25. The van der Waals surface area contributed by atoms with Crippen LogP contribution in [0.25, 0.3) is 0 Å². The molecule has 4 nitrogen and oxygen atoms in total. The number of rotatable bonds is 4. The highest BCUT2D eigenvalue weighted by Gasteiger charge is 2.10. The van der Waals surface area contributed by atoms with E-state index in [-0.39, 0.29) is 0 Å². The van der Waals surface area contributed by atoms with E-state index in [9.17, 15) is 9.18 Å². The van der Waals surface area contributed by atoms with Crippen molar-refractivity contribution < 1.29 is 13.9 Å². The van der Waals surface area contributed by atoms with Crippen LogP contribution in [0, 0.1) is 0 Å². The number of alkyl halides is 1. The third-order valence-electron chi connectivity index (χ3n) is 3.20. The molecular formula is C16H23FN2O2. The Bertz CT molecular complexity index is 418. The second-order valence-corrected chi connectivity index (χ2v) is 4.69. The van der Waals surface area contributed by atoms with Crippen LogP contribution in [-0.4, -0.2) is 50.6 Å². The van der Waals surface area contributed by atoms with E-state index in [2.05, 4.69) is 9.89 Å². The molecule has 0 N–H and O–H groups in total. The minimum absolute atomic E-state index is 0.422. The van der Waals surface area contributed by atoms with E-state index >= 15 is 0 Å². The maximum Gasteiger partial charge on any atom is 0.433 e. The summed E-state index contributed by atoms with van der Waals surface area (Å²) in [6, 6.07) is 9.52. The summed E-state index contributed by atoms with van der Waals surface area (Å²) in [5, 5.41) is 0. The van der Waals surface area contributed by atoms with Gasteiger partial charge in [0.15, 0.2) is 0 Å². The smallest absolute Gasteiger partial charge is 0.433 e. The molecule has 0 bridgehead atoms. The Morgan fingerprint density at radius 1 is 1.24 bits per heavy atom. The fraction of sp³-hybridized carbons (Fsp3) is 0.500. The number of halogens is 1. The number of ether oxygens (including phenoxy) is 1. The van der Waals surface area contributed by atoms with E-state index in [1.54, 1.807) is 0 Å². The van der Waals surface area contributed by atoms with Crippen molar-refractivity contribution in [2.75, 3.05) is 33.4 Å². The molecular weight excluding hydrogens is 271 g/mol. The van der Waals surface area contributed by atoms with Gasteiger partial charge in [-0.15, -0.1) is 0 Å². The standard InChI is InChI=1S/C15H20N2O2.CH3F/c18-15(16-13-14-7-3-1-4-8-14)19-12-11-17-9-5-2-6-10-17;1-2/h1,3-4,7-8,13H,2,5-6,9-12H2;1H3/b16-13-;. The van der Waals surface area contributed by atoms with Crippen LogP contribution in [0.4, 0.5) is 9.18 Å². The second kappa shape index (κ2) is 11.0. The van der Waals surface area contributed by atoms with Crippen molar-refractivity contribution in [3.05, 3.63) is 35.9 Å². The SMILES string of the molecule is CF.O=C(/N=C\c1ccccc1)OCCN1CCCCC1. The normalized spacial score (nSPS) is 15.3. The fourth-order valence-corrected chi connectivity index (χ4v) is 2.15. The zero-order chi connectivity index (χ0) is 15.3. The molecule has 0 radical (unpaired) electrons. The van der Waals surface area contributed by atoms with E-state index < -0.39 is 6.09 Å². The van der Waals surface area contributed by atoms with E-state index in [0.29, 0.717) is 13.8 Å². The first-order valence-corrected chi connectivity index (χ1v) is 7.20. The molecule has 2 rings (SSSR count). The Hall–Kier alpha value is -1.75. The van der Waals surface area contributed by atoms with Crippen molar-refractivity contribution >= 4 is 12.3 Å². The van der Waals surface area contributed by atoms with Gasteiger partial charge in [0.25, 0.3) is 0 Å². The van der Waals surface area contributed by atoms with Gasteiger partial charge in [0, 0.05) is 12.8 Å². The molecule has 0 aromatic heterocycles. The number of carbonyl (C=O) groups is 1. The first-order valence-electron chi connectivity index (χ1n) is 7.20. The molecule has 116 valence electrons. The molecule has 0 spiro atoms. The zero-order valence-electron chi connectivity index (χ0n) is 12.5. The van der Waals surface area contributed by atoms with Gasteiger partial charge in [-0.2, -0.15) is 4.99 Å². The van der Waals surface area contributed by atoms with E-state index in [1.807, 2.05) is 30.3 Å². The number of nitrogens with zero attached hydrogens (tertiary/aromatic N) is 2. The average molecular weight is 294 g/mol. The summed E-state index contributed by atoms with van der Waals surface area (Å²) >= 11 is 0. The van der Waals surface area contributed by atoms with Gasteiger partial charge < -0.3 is 4.74 Å². The summed E-state index contributed by atoms with van der Waals surface area (Å²) in [5.74, 6) is 0. The Balaban J connectivity index is 0.00000106. The van der Waals surface area contributed by atoms with Crippen LogP contribution in [0.5, 0.6) is 0 Å². The number of benzene rings is 1. The highest BCUT2D eigenvalue weighted by Crippen LogP contribution is 2.07. The Morgan fingerprint density at radius 2 is 1.90 bits per heavy atom. The maximum atomic E-state index is 11.4. The maximum absolute atomic E-state index is 11.4. The summed E-state index contributed by atoms with van der Waals surface area (Å²) in [6.45, 7) is 3.47. The Morgan fingerprint density at radius 3 is 2.57 bits per heavy atom. The van der Waals surface area contributed by atoms with Crippen LogP contribution in [-0.2, 0) is 4.74 Å². The van der Waals surface area contributed by atoms with Gasteiger partial charge in [-0.05, 0) is 31.5 Å². The third kappa shape index (κ3) is 7.56. The number of piperidine rings is 1. The summed E-state index contributed by atoms with van der Waals surface area (Å²) in [5.41, 5.74) is 0.899. The summed E-state index contributed by atoms with van der Waals surface area (Å²) < 4.78 is 14.6. The quantitative estimate of drug-likeness (QED) is 0.800. The molecule has 1 aliphatic heterocycles. The van der Waals surface area contributed by atoms with E-state index in [1.165, 1.54) is 25.5 Å². The number of aliphatic imine (C=N–C) groups is 1. The molecule has 0 aliphatic carbocycles. The Kier molecular flexibility index (Phi) is 9.04. The molecule has 1 aromatic carbocycles. The predicted molar refractivity (Wildman–Crippen MR) is 82.7 cm³/mol. The van der Waals surface area contributed by atoms with Crippen molar-refractivity contribution in [1.29, 1.82) is 0 Å². The minimum atomic E-state index is -0.513. The molecule has 0 atom stereocenters. The van der Waals surface area contributed by atoms with Gasteiger partial charge in [0.2, 0.25) is 0 Å². The molecule has 1 amide bonds. The highest BCUT2D eigenvalue weighted by atomic mass is 19.1. The first kappa shape index (κ1) is 17.3. The van der Waals surface area contributed by atoms with Crippen molar-refractivity contribution in [3.63, 3.8) is 0 Å². The Labute approximate surface area is 125 Å². The monoisotopic (exact) mass is 294 g/mol. The molecule has 5 heteroatoms. The summed E-state index contributed by atoms with van der Waals surface area (Å²) in [7, 11) is 0.500. The van der Waals surface area contributed by atoms with Gasteiger partial charge in [0.1, 0.15) is 6.61 Å². The lowest BCUT2D eigenvalue weighted by Crippen LogP contribution is -2.32. The lowest BCUT2D eigenvalue weighted by molar-refractivity contribution is 0.129. The van der Waals surface area contributed by atoms with E-state index in [0.717, 1.165) is 25.2 Å². The lowest BCUT2D eigenvalue weighted by atomic mass is 10.1. The van der Waals surface area contributed by atoms with Gasteiger partial charge in [-0.25, -0.2) is 4.79 Å². The summed E-state index contributed by atoms with van der Waals surface area (Å²) in [6.07, 6.45) is 4.84. The molecule has 0 saturated carbocycles. The number of hydrogen-bond donors (Lipinski definition) is 0. The van der Waals surface area contributed by atoms with Gasteiger partial charge in [-0.3, -0.25) is 9.29 Å². The summed E-state index contributed by atoms with van der Waals surface area (Å²) in [4.78, 5) is 17.5. The molecule has 1 heterocycles. The van der Waals surface area contributed by atoms with Crippen molar-refractivity contribution in [3.8, 4) is 0 Å². The topological polar surface area (TPSA) is 41.9 Å². The molecule has 1 saturated heterocycles. The highest BCUT2D eigenvalue weighted by molar-refractivity contribution is 5.88. The van der Waals surface area contributed by atoms with Crippen molar-refractivity contribution in [2.24, 2.45) is 4.99 Å². The van der Waals surface area contributed by atoms with Gasteiger partial charge in [0.05, 0.1) is 7.18 Å². The van der Waals surface area contributed by atoms with Crippen LogP contribution >= 0.6 is 0 Å². The van der Waals surface area contributed by atoms with Crippen LogP contribution in [0.1, 0.15) is 24.8 Å². The minimum Gasteiger partial charge on any atom is -0.447 e. The third-order valence-corrected chi connectivity index (χ3v) is 3.20. The first-order chi connectivity index (χ1) is 10.3. The van der Waals surface area contributed by atoms with Crippen molar-refractivity contribution in [2.45, 2.75) is 19.3 Å². The van der Waals surface area contributed by atoms with E-state index in [4.69, 9.17) is 4.74 Å². The van der Waals surface area contributed by atoms with Gasteiger partial charge in [-0.1, -0.05) is 36.8 Å². The van der Waals surface area contributed by atoms with Crippen LogP contribution in [0.3, 0.4) is 0 Å². The van der Waals surface area contributed by atoms with Crippen molar-refractivity contribution in [1.82, 2.24) is 4.90 Å². The molecule has 0 unspecified atom stereocenters.